The molecule has 1 radical (unpaired) electrons. The zero-order valence-electron chi connectivity index (χ0n) is 2.93. The summed E-state index contributed by atoms with van der Waals surface area (Å²) in [6.07, 6.45) is 0. The zero-order chi connectivity index (χ0) is 2.71. The molecule has 0 spiro atoms. The molecule has 0 atom stereocenters. The smallest absolute Gasteiger partial charge is 0 e. The molecular formula is H3BNaO3. The molecule has 25 valence electrons. The van der Waals surface area contributed by atoms with E-state index < -0.39 is 0 Å². The van der Waals surface area contributed by atoms with Crippen molar-refractivity contribution < 1.29 is 15.2 Å². The Kier molecular flexibility index (Phi) is 80.4. The molecule has 0 saturated heterocycles. The summed E-state index contributed by atoms with van der Waals surface area (Å²) in [5, 5.41) is 6.89. The maximum Gasteiger partial charge on any atom is 0 e. The molecule has 0 heterocycles. The van der Waals surface area contributed by atoms with Crippen molar-refractivity contribution in [3.8, 4) is 0 Å². The minimum atomic E-state index is -0.250. The predicted octanol–water partition coefficient (Wildman–Crippen LogP) is -2.26. The summed E-state index contributed by atoms with van der Waals surface area (Å²) in [5.41, 5.74) is 0. The van der Waals surface area contributed by atoms with Crippen molar-refractivity contribution in [2.45, 2.75) is 0 Å². The molecule has 5 heavy (non-hydrogen) atoms. The molecule has 0 aliphatic carbocycles. The van der Waals surface area contributed by atoms with Crippen LogP contribution in [0.2, 0.25) is 0 Å². The van der Waals surface area contributed by atoms with E-state index in [4.69, 9.17) is 9.73 Å². The Morgan fingerprint density at radius 3 is 1.60 bits per heavy atom. The Bertz CT molecular complexity index is 14.4. The van der Waals surface area contributed by atoms with Gasteiger partial charge in [0.15, 0.2) is 0 Å². The molecule has 0 amide bonds. The van der Waals surface area contributed by atoms with Crippen molar-refractivity contribution in [1.29, 1.82) is 0 Å². The Labute approximate surface area is 52.3 Å². The summed E-state index contributed by atoms with van der Waals surface area (Å²) >= 11 is 0. The Balaban J connectivity index is -0.0000000200. The summed E-state index contributed by atoms with van der Waals surface area (Å²) < 4.78 is 8.36. The summed E-state index contributed by atoms with van der Waals surface area (Å²) in [6, 6.07) is 0. The SMILES string of the molecule is O.O=BO.[Na]. The largest absolute Gasteiger partial charge is 0 e. The second kappa shape index (κ2) is 23.0. The van der Waals surface area contributed by atoms with Crippen molar-refractivity contribution in [1.82, 2.24) is 0 Å². The summed E-state index contributed by atoms with van der Waals surface area (Å²) in [4.78, 5) is 0. The van der Waals surface area contributed by atoms with Crippen LogP contribution in [0.1, 0.15) is 0 Å². The Morgan fingerprint density at radius 1 is 1.60 bits per heavy atom. The summed E-state index contributed by atoms with van der Waals surface area (Å²) in [5.74, 6) is 0. The van der Waals surface area contributed by atoms with Crippen molar-refractivity contribution in [2.75, 3.05) is 0 Å². The second-order valence-electron chi connectivity index (χ2n) is 0.105. The van der Waals surface area contributed by atoms with Crippen LogP contribution in [0.4, 0.5) is 0 Å². The molecule has 0 rings (SSSR count). The van der Waals surface area contributed by atoms with E-state index in [1.54, 1.807) is 0 Å². The minimum absolute atomic E-state index is 0. The van der Waals surface area contributed by atoms with Gasteiger partial charge >= 0.3 is 17.1 Å². The minimum Gasteiger partial charge on any atom is 0 e. The van der Waals surface area contributed by atoms with E-state index in [1.165, 1.54) is 0 Å². The fraction of sp³-hybridized carbons (Fsp3) is 0. The first-order valence-electron chi connectivity index (χ1n) is 0.494. The third kappa shape index (κ3) is 81.6. The van der Waals surface area contributed by atoms with E-state index in [2.05, 4.69) is 0 Å². The van der Waals surface area contributed by atoms with E-state index in [0.29, 0.717) is 0 Å². The van der Waals surface area contributed by atoms with Crippen molar-refractivity contribution in [3.63, 3.8) is 0 Å². The van der Waals surface area contributed by atoms with Gasteiger partial charge in [0.05, 0.1) is 0 Å². The molecule has 0 bridgehead atoms. The molecule has 3 nitrogen and oxygen atoms in total. The molecule has 5 heteroatoms. The molecule has 0 unspecified atom stereocenters. The number of hydrogen-bond donors (Lipinski definition) is 1. The fourth-order valence-corrected chi connectivity index (χ4v) is 0. The van der Waals surface area contributed by atoms with Gasteiger partial charge in [0, 0.05) is 29.6 Å². The van der Waals surface area contributed by atoms with Crippen LogP contribution >= 0.6 is 0 Å². The monoisotopic (exact) mass is 85.0 g/mol. The molecule has 0 aliphatic rings. The van der Waals surface area contributed by atoms with E-state index in [0.717, 1.165) is 0 Å². The molecule has 0 aromatic rings. The molecule has 0 aromatic heterocycles. The second-order valence-corrected chi connectivity index (χ2v) is 0.105. The quantitative estimate of drug-likeness (QED) is 0.337. The van der Waals surface area contributed by atoms with Crippen molar-refractivity contribution >= 4 is 36.9 Å². The molecule has 0 saturated carbocycles. The van der Waals surface area contributed by atoms with Crippen molar-refractivity contribution in [2.24, 2.45) is 0 Å². The first-order chi connectivity index (χ1) is 1.41. The first-order valence-corrected chi connectivity index (χ1v) is 0.494. The van der Waals surface area contributed by atoms with Crippen LogP contribution < -0.4 is 0 Å². The van der Waals surface area contributed by atoms with E-state index in [9.17, 15) is 0 Å². The molecular weight excluding hydrogens is 81.8 g/mol. The topological polar surface area (TPSA) is 68.8 Å². The van der Waals surface area contributed by atoms with Crippen LogP contribution in [0.25, 0.3) is 0 Å². The fourth-order valence-electron chi connectivity index (χ4n) is 0. The van der Waals surface area contributed by atoms with E-state index in [-0.39, 0.29) is 42.4 Å². The van der Waals surface area contributed by atoms with Crippen LogP contribution in [0.3, 0.4) is 0 Å². The van der Waals surface area contributed by atoms with Gasteiger partial charge in [-0.2, -0.15) is 0 Å². The third-order valence-corrected chi connectivity index (χ3v) is 0. The molecule has 0 aromatic carbocycles. The summed E-state index contributed by atoms with van der Waals surface area (Å²) in [6.45, 7) is 0. The van der Waals surface area contributed by atoms with Gasteiger partial charge in [-0.15, -0.1) is 0 Å². The summed E-state index contributed by atoms with van der Waals surface area (Å²) in [7, 11) is -0.250. The zero-order valence-corrected chi connectivity index (χ0v) is 4.93. The van der Waals surface area contributed by atoms with Gasteiger partial charge in [-0.25, -0.2) is 0 Å². The van der Waals surface area contributed by atoms with Gasteiger partial charge in [-0.05, 0) is 0 Å². The van der Waals surface area contributed by atoms with Crippen LogP contribution in [0.15, 0.2) is 0 Å². The number of hydrogen-bond acceptors (Lipinski definition) is 1. The van der Waals surface area contributed by atoms with Gasteiger partial charge in [0.2, 0.25) is 0 Å². The molecule has 0 aliphatic heterocycles. The van der Waals surface area contributed by atoms with Crippen LogP contribution in [0, 0.1) is 0 Å². The van der Waals surface area contributed by atoms with Gasteiger partial charge < -0.3 is 5.48 Å². The van der Waals surface area contributed by atoms with Crippen LogP contribution in [-0.2, 0) is 4.70 Å². The maximum absolute atomic E-state index is 8.36. The molecule has 0 fully saturated rings. The Morgan fingerprint density at radius 2 is 1.60 bits per heavy atom. The van der Waals surface area contributed by atoms with Gasteiger partial charge in [0.1, 0.15) is 0 Å². The molecule has 3 N–H and O–H groups in total. The first kappa shape index (κ1) is 17.5. The Hall–Kier alpha value is 0.625. The van der Waals surface area contributed by atoms with Crippen LogP contribution in [-0.4, -0.2) is 47.4 Å². The van der Waals surface area contributed by atoms with Gasteiger partial charge in [-0.1, -0.05) is 0 Å². The van der Waals surface area contributed by atoms with Gasteiger partial charge in [0.25, 0.3) is 0 Å². The number of rotatable bonds is 0. The van der Waals surface area contributed by atoms with E-state index >= 15 is 0 Å². The van der Waals surface area contributed by atoms with E-state index in [1.807, 2.05) is 0 Å². The predicted molar refractivity (Wildman–Crippen MR) is 18.0 cm³/mol. The van der Waals surface area contributed by atoms with Crippen molar-refractivity contribution in [3.05, 3.63) is 0 Å². The normalized spacial score (nSPS) is 1.60. The average Bonchev–Trinajstić information content (AvgIpc) is 0.918. The van der Waals surface area contributed by atoms with Gasteiger partial charge in [-0.3, -0.25) is 0 Å². The average molecular weight is 84.8 g/mol. The third-order valence-electron chi connectivity index (χ3n) is 0. The van der Waals surface area contributed by atoms with Crippen LogP contribution in [0.5, 0.6) is 0 Å². The standard InChI is InChI=1S/BHO2.Na.H2O/c2-1-3;;/h2H;;1H2. The maximum atomic E-state index is 8.36.